The zero-order valence-corrected chi connectivity index (χ0v) is 9.63. The van der Waals surface area contributed by atoms with E-state index in [-0.39, 0.29) is 0 Å². The second-order valence-corrected chi connectivity index (χ2v) is 4.52. The Bertz CT molecular complexity index is 625. The van der Waals surface area contributed by atoms with E-state index in [9.17, 15) is 0 Å². The molecule has 0 unspecified atom stereocenters. The molecule has 0 saturated carbocycles. The molecule has 82 valence electrons. The van der Waals surface area contributed by atoms with E-state index >= 15 is 0 Å². The van der Waals surface area contributed by atoms with Crippen molar-refractivity contribution in [1.29, 1.82) is 0 Å². The summed E-state index contributed by atoms with van der Waals surface area (Å²) in [7, 11) is 0. The van der Waals surface area contributed by atoms with Gasteiger partial charge in [-0.25, -0.2) is 0 Å². The lowest BCUT2D eigenvalue weighted by atomic mass is 10.0. The van der Waals surface area contributed by atoms with E-state index in [0.717, 1.165) is 11.4 Å². The van der Waals surface area contributed by atoms with E-state index < -0.39 is 0 Å². The maximum absolute atomic E-state index is 4.15. The van der Waals surface area contributed by atoms with Gasteiger partial charge in [0.2, 0.25) is 0 Å². The molecule has 0 atom stereocenters. The third-order valence-corrected chi connectivity index (χ3v) is 3.58. The van der Waals surface area contributed by atoms with Gasteiger partial charge in [-0.05, 0) is 17.4 Å². The van der Waals surface area contributed by atoms with Crippen molar-refractivity contribution < 1.29 is 0 Å². The minimum Gasteiger partial charge on any atom is -0.181 e. The van der Waals surface area contributed by atoms with Crippen LogP contribution in [0.5, 0.6) is 0 Å². The van der Waals surface area contributed by atoms with E-state index in [1.807, 2.05) is 27.7 Å². The van der Waals surface area contributed by atoms with E-state index in [1.54, 1.807) is 0 Å². The van der Waals surface area contributed by atoms with Gasteiger partial charge in [-0.2, -0.15) is 4.41 Å². The molecule has 4 rings (SSSR count). The average Bonchev–Trinajstić information content (AvgIpc) is 2.89. The summed E-state index contributed by atoms with van der Waals surface area (Å²) >= 11 is 1.35. The Labute approximate surface area is 103 Å². The van der Waals surface area contributed by atoms with Crippen molar-refractivity contribution in [3.8, 4) is 11.1 Å². The van der Waals surface area contributed by atoms with Gasteiger partial charge in [-0.3, -0.25) is 0 Å². The molecule has 5 heteroatoms. The minimum absolute atomic E-state index is 1.07. The van der Waals surface area contributed by atoms with Crippen molar-refractivity contribution in [2.24, 2.45) is 9.74 Å². The SMILES string of the molecule is c1ccc2c(c1)-c1ccccc1N1SN=NN21. The van der Waals surface area contributed by atoms with Crippen LogP contribution < -0.4 is 9.53 Å². The standard InChI is InChI=1S/C12H8N4S/c1-3-7-11-9(5-1)10-6-2-4-8-12(10)16-15(11)13-14-17-16/h1-8H. The molecule has 0 saturated heterocycles. The number of hydrogen-bond donors (Lipinski definition) is 0. The Hall–Kier alpha value is -2.01. The highest BCUT2D eigenvalue weighted by molar-refractivity contribution is 7.99. The van der Waals surface area contributed by atoms with Crippen LogP contribution in [-0.4, -0.2) is 0 Å². The molecule has 0 aromatic heterocycles. The number of benzene rings is 2. The normalized spacial score (nSPS) is 15.5. The van der Waals surface area contributed by atoms with Gasteiger partial charge >= 0.3 is 0 Å². The molecule has 0 N–H and O–H groups in total. The minimum atomic E-state index is 1.07. The Morgan fingerprint density at radius 3 is 2.29 bits per heavy atom. The summed E-state index contributed by atoms with van der Waals surface area (Å²) < 4.78 is 6.02. The van der Waals surface area contributed by atoms with Crippen LogP contribution in [0, 0.1) is 0 Å². The first kappa shape index (κ1) is 9.07. The maximum Gasteiger partial charge on any atom is 0.141 e. The van der Waals surface area contributed by atoms with Crippen LogP contribution in [0.25, 0.3) is 11.1 Å². The van der Waals surface area contributed by atoms with Crippen molar-refractivity contribution in [1.82, 2.24) is 0 Å². The van der Waals surface area contributed by atoms with E-state index in [4.69, 9.17) is 0 Å². The van der Waals surface area contributed by atoms with Crippen LogP contribution >= 0.6 is 12.1 Å². The summed E-state index contributed by atoms with van der Waals surface area (Å²) in [5.41, 5.74) is 4.61. The number of nitrogens with zero attached hydrogens (tertiary/aromatic N) is 4. The van der Waals surface area contributed by atoms with Crippen LogP contribution in [0.2, 0.25) is 0 Å². The molecule has 2 aliphatic heterocycles. The number of para-hydroxylation sites is 2. The smallest absolute Gasteiger partial charge is 0.141 e. The Kier molecular flexibility index (Phi) is 1.73. The third kappa shape index (κ3) is 1.14. The quantitative estimate of drug-likeness (QED) is 0.655. The molecule has 17 heavy (non-hydrogen) atoms. The van der Waals surface area contributed by atoms with Gasteiger partial charge in [0, 0.05) is 11.1 Å². The van der Waals surface area contributed by atoms with Gasteiger partial charge in [0.05, 0.1) is 11.4 Å². The van der Waals surface area contributed by atoms with Gasteiger partial charge < -0.3 is 0 Å². The van der Waals surface area contributed by atoms with Crippen molar-refractivity contribution in [3.63, 3.8) is 0 Å². The highest BCUT2D eigenvalue weighted by Gasteiger charge is 2.32. The van der Waals surface area contributed by atoms with Gasteiger partial charge in [-0.1, -0.05) is 40.9 Å². The zero-order valence-electron chi connectivity index (χ0n) is 8.82. The van der Waals surface area contributed by atoms with E-state index in [0.29, 0.717) is 0 Å². The lowest BCUT2D eigenvalue weighted by Crippen LogP contribution is -2.33. The average molecular weight is 240 g/mol. The summed E-state index contributed by atoms with van der Waals surface area (Å²) in [6, 6.07) is 16.5. The first-order chi connectivity index (χ1) is 8.45. The van der Waals surface area contributed by atoms with Gasteiger partial charge in [0.25, 0.3) is 0 Å². The number of hydrogen-bond acceptors (Lipinski definition) is 5. The molecule has 0 fully saturated rings. The van der Waals surface area contributed by atoms with E-state index in [1.165, 1.54) is 23.3 Å². The van der Waals surface area contributed by atoms with Crippen molar-refractivity contribution in [2.45, 2.75) is 0 Å². The zero-order chi connectivity index (χ0) is 11.2. The van der Waals surface area contributed by atoms with Gasteiger partial charge in [0.15, 0.2) is 0 Å². The number of fused-ring (bicyclic) bond motifs is 6. The highest BCUT2D eigenvalue weighted by Crippen LogP contribution is 2.48. The van der Waals surface area contributed by atoms with Crippen molar-refractivity contribution in [2.75, 3.05) is 9.53 Å². The molecule has 2 aromatic carbocycles. The predicted molar refractivity (Wildman–Crippen MR) is 69.3 cm³/mol. The van der Waals surface area contributed by atoms with Crippen LogP contribution in [-0.2, 0) is 0 Å². The fourth-order valence-corrected chi connectivity index (χ4v) is 2.80. The second-order valence-electron chi connectivity index (χ2n) is 3.85. The van der Waals surface area contributed by atoms with Crippen LogP contribution in [0.1, 0.15) is 0 Å². The maximum atomic E-state index is 4.15. The summed E-state index contributed by atoms with van der Waals surface area (Å²) in [5.74, 6) is 0. The molecule has 0 radical (unpaired) electrons. The van der Waals surface area contributed by atoms with Crippen LogP contribution in [0.4, 0.5) is 11.4 Å². The molecule has 0 bridgehead atoms. The largest absolute Gasteiger partial charge is 0.181 e. The monoisotopic (exact) mass is 240 g/mol. The molecule has 0 amide bonds. The lowest BCUT2D eigenvalue weighted by molar-refractivity contribution is 0.902. The molecule has 0 spiro atoms. The first-order valence-corrected chi connectivity index (χ1v) is 6.05. The first-order valence-electron chi connectivity index (χ1n) is 5.32. The van der Waals surface area contributed by atoms with Crippen LogP contribution in [0.3, 0.4) is 0 Å². The van der Waals surface area contributed by atoms with Crippen molar-refractivity contribution >= 4 is 23.5 Å². The summed E-state index contributed by atoms with van der Waals surface area (Å²) in [5, 5.41) is 5.98. The number of anilines is 2. The molecule has 4 nitrogen and oxygen atoms in total. The predicted octanol–water partition coefficient (Wildman–Crippen LogP) is 3.84. The Morgan fingerprint density at radius 1 is 0.824 bits per heavy atom. The van der Waals surface area contributed by atoms with Crippen molar-refractivity contribution in [3.05, 3.63) is 48.5 Å². The summed E-state index contributed by atoms with van der Waals surface area (Å²) in [6.07, 6.45) is 0. The number of rotatable bonds is 0. The Balaban J connectivity index is 2.06. The fourth-order valence-electron chi connectivity index (χ4n) is 2.19. The second kappa shape index (κ2) is 3.24. The van der Waals surface area contributed by atoms with Gasteiger partial charge in [0.1, 0.15) is 12.1 Å². The molecule has 2 aliphatic rings. The molecule has 2 aromatic rings. The molecule has 0 aliphatic carbocycles. The third-order valence-electron chi connectivity index (χ3n) is 2.93. The Morgan fingerprint density at radius 2 is 1.47 bits per heavy atom. The van der Waals surface area contributed by atoms with E-state index in [2.05, 4.69) is 40.1 Å². The summed E-state index contributed by atoms with van der Waals surface area (Å²) in [4.78, 5) is 0. The molecule has 2 heterocycles. The number of hydrazine groups is 1. The fraction of sp³-hybridized carbons (Fsp3) is 0. The molecular weight excluding hydrogens is 232 g/mol. The lowest BCUT2D eigenvalue weighted by Gasteiger charge is -2.32. The highest BCUT2D eigenvalue weighted by atomic mass is 32.2. The topological polar surface area (TPSA) is 31.2 Å². The van der Waals surface area contributed by atoms with Gasteiger partial charge in [-0.15, -0.1) is 5.12 Å². The molecular formula is C12H8N4S. The van der Waals surface area contributed by atoms with Crippen LogP contribution in [0.15, 0.2) is 58.3 Å². The summed E-state index contributed by atoms with van der Waals surface area (Å²) in [6.45, 7) is 0.